The molecular weight excluding hydrogens is 2200 g/mol. The van der Waals surface area contributed by atoms with Crippen molar-refractivity contribution < 1.29 is 96.6 Å². The maximum absolute atomic E-state index is 6.60. The Hall–Kier alpha value is 2.00. The van der Waals surface area contributed by atoms with Crippen LogP contribution < -0.4 is 0 Å². The van der Waals surface area contributed by atoms with Crippen LogP contribution in [0, 0.1) is 167 Å². The van der Waals surface area contributed by atoms with Gasteiger partial charge in [0.1, 0.15) is 34.6 Å². The van der Waals surface area contributed by atoms with E-state index in [9.17, 15) is 0 Å². The first kappa shape index (κ1) is 132. The van der Waals surface area contributed by atoms with Crippen LogP contribution in [0.5, 0.6) is 0 Å². The van der Waals surface area contributed by atoms with Gasteiger partial charge >= 0.3 is 151 Å². The van der Waals surface area contributed by atoms with Crippen molar-refractivity contribution in [1.82, 2.24) is 0 Å². The van der Waals surface area contributed by atoms with Crippen molar-refractivity contribution in [3.8, 4) is 0 Å². The summed E-state index contributed by atoms with van der Waals surface area (Å²) >= 11 is -3.30. The fourth-order valence-corrected chi connectivity index (χ4v) is 47.5. The van der Waals surface area contributed by atoms with Crippen LogP contribution in [0.2, 0.25) is 72.5 Å². The first-order valence-corrected chi connectivity index (χ1v) is 85.9. The molecule has 0 bridgehead atoms. The third-order valence-electron chi connectivity index (χ3n) is 37.7. The Bertz CT molecular complexity index is 4070. The van der Waals surface area contributed by atoms with Gasteiger partial charge in [-0.1, -0.05) is 329 Å². The Labute approximate surface area is 918 Å². The molecule has 3 heterocycles. The molecule has 0 radical (unpaired) electrons. The van der Waals surface area contributed by atoms with Gasteiger partial charge in [0, 0.05) is 17.8 Å². The van der Waals surface area contributed by atoms with Gasteiger partial charge in [0.15, 0.2) is 0 Å². The van der Waals surface area contributed by atoms with E-state index >= 15 is 0 Å². The van der Waals surface area contributed by atoms with E-state index in [1.165, 1.54) is 214 Å². The topological polar surface area (TPSA) is 39.4 Å². The van der Waals surface area contributed by atoms with Crippen LogP contribution in [0.15, 0.2) is 135 Å². The Morgan fingerprint density at radius 2 is 0.551 bits per heavy atom. The summed E-state index contributed by atoms with van der Waals surface area (Å²) in [4.78, 5) is 0. The fraction of sp³-hybridized carbons (Fsp3) is 0.678. The van der Waals surface area contributed by atoms with Crippen LogP contribution in [0.4, 0.5) is 0 Å². The number of benzene rings is 3. The van der Waals surface area contributed by atoms with E-state index in [0.29, 0.717) is 45.8 Å². The maximum atomic E-state index is 6.60. The van der Waals surface area contributed by atoms with Crippen LogP contribution in [-0.4, -0.2) is 24.2 Å². The van der Waals surface area contributed by atoms with Crippen molar-refractivity contribution in [2.45, 2.75) is 416 Å². The Morgan fingerprint density at radius 1 is 0.265 bits per heavy atom. The third kappa shape index (κ3) is 32.5. The number of hydrogen-bond acceptors (Lipinski definition) is 3. The molecule has 12 saturated carbocycles. The number of halogens is 8. The van der Waals surface area contributed by atoms with E-state index < -0.39 is 108 Å². The molecule has 0 N–H and O–H groups in total. The third-order valence-corrected chi connectivity index (χ3v) is 53.3. The van der Waals surface area contributed by atoms with E-state index in [4.69, 9.17) is 81.4 Å². The van der Waals surface area contributed by atoms with Crippen LogP contribution in [0.25, 0.3) is 0 Å². The monoisotopic (exact) mass is 2380 g/mol. The van der Waals surface area contributed by atoms with E-state index in [1.54, 1.807) is 42.4 Å². The first-order chi connectivity index (χ1) is 60.8. The minimum absolute atomic E-state index is 0. The van der Waals surface area contributed by atoms with Crippen LogP contribution in [-0.2, 0) is 88.8 Å². The van der Waals surface area contributed by atoms with Gasteiger partial charge in [-0.3, -0.25) is 0 Å². The van der Waals surface area contributed by atoms with Crippen molar-refractivity contribution in [2.75, 3.05) is 0 Å². The quantitative estimate of drug-likeness (QED) is 0.0806. The predicted octanol–water partition coefficient (Wildman–Crippen LogP) is 43.3. The SMILES string of the molecule is CC(C)(C)C1CCC(C(C)(C)C2CC(C(C)(C)C)C3CCCCC32)C1.C[Si](C)(C1CCCC1)C1CCCC1.Cc1ccc(C2CC3C(c4ccc(C(C)(C)C)cc4)CCCC3C2[Si](C)(C)C2CCCC2)o1.Cc1ccc(C2CC3C(c4ccccc4)CCCC3C2[Si](C)(C)C2C(c3ccc(C)o3)CC3C(c4ccccc4)CCCC32)o1.[CH3-].[CH3-].[CH3-].[CH3-].[CH3-].[CH3-].[CH3-].[CH3-].[Cl][Zr+2][Cl].[Cl][Zr+2][Cl].[Cl][Zr+2][Cl].[Cl][Zr+2][Cl]. The van der Waals surface area contributed by atoms with Crippen LogP contribution in [0.1, 0.15) is 374 Å². The van der Waals surface area contributed by atoms with E-state index in [0.717, 1.165) is 116 Å². The zero-order chi connectivity index (χ0) is 92.8. The van der Waals surface area contributed by atoms with E-state index in [1.807, 2.05) is 0 Å². The predicted molar refractivity (Wildman–Crippen MR) is 600 cm³/mol. The molecule has 6 aromatic rings. The molecule has 3 nitrogen and oxygen atoms in total. The summed E-state index contributed by atoms with van der Waals surface area (Å²) in [5.74, 6) is 21.6. The molecule has 12 aliphatic rings. The number of hydrogen-bond donors (Lipinski definition) is 0. The minimum atomic E-state index is -1.91. The molecule has 21 unspecified atom stereocenters. The Morgan fingerprint density at radius 3 is 0.846 bits per heavy atom. The van der Waals surface area contributed by atoms with Crippen LogP contribution >= 0.6 is 68.1 Å². The normalized spacial score (nSPS) is 29.4. The fourth-order valence-electron chi connectivity index (χ4n) is 31.6. The zero-order valence-corrected chi connectivity index (χ0v) is 110. The van der Waals surface area contributed by atoms with Gasteiger partial charge in [0.05, 0.1) is 24.2 Å². The van der Waals surface area contributed by atoms with E-state index in [-0.39, 0.29) is 64.8 Å². The van der Waals surface area contributed by atoms with Crippen molar-refractivity contribution >= 4 is 92.3 Å². The summed E-state index contributed by atoms with van der Waals surface area (Å²) in [7, 11) is 35.3. The van der Waals surface area contributed by atoms with Gasteiger partial charge in [-0.25, -0.2) is 0 Å². The first-order valence-electron chi connectivity index (χ1n) is 51.1. The Balaban J connectivity index is 0.000000465. The molecule has 18 heteroatoms. The van der Waals surface area contributed by atoms with Crippen molar-refractivity contribution in [3.63, 3.8) is 0 Å². The molecule has 136 heavy (non-hydrogen) atoms. The number of furan rings is 3. The molecule has 12 aliphatic carbocycles. The summed E-state index contributed by atoms with van der Waals surface area (Å²) < 4.78 is 19.6. The summed E-state index contributed by atoms with van der Waals surface area (Å²) in [6.45, 7) is 50.2. The van der Waals surface area contributed by atoms with Crippen LogP contribution in [0.3, 0.4) is 0 Å². The Kier molecular flexibility index (Phi) is 58.6. The molecule has 21 atom stereocenters. The zero-order valence-electron chi connectivity index (χ0n) is 90.8. The molecule has 0 amide bonds. The second-order valence-corrected chi connectivity index (χ2v) is 78.6. The molecule has 0 spiro atoms. The molecule has 0 aliphatic heterocycles. The summed E-state index contributed by atoms with van der Waals surface area (Å²) in [5.41, 5.74) is 13.7. The summed E-state index contributed by atoms with van der Waals surface area (Å²) in [5, 5.41) is 0. The van der Waals surface area contributed by atoms with Gasteiger partial charge in [0.25, 0.3) is 0 Å². The molecule has 18 rings (SSSR count). The second-order valence-electron chi connectivity index (χ2n) is 48.3. The summed E-state index contributed by atoms with van der Waals surface area (Å²) in [6, 6.07) is 46.6. The number of aryl methyl sites for hydroxylation is 3. The molecule has 3 aromatic heterocycles. The average molecular weight is 2390 g/mol. The van der Waals surface area contributed by atoms with Gasteiger partial charge < -0.3 is 72.7 Å². The molecule has 3 aromatic carbocycles. The summed E-state index contributed by atoms with van der Waals surface area (Å²) in [6.07, 6.45) is 46.7. The second kappa shape index (κ2) is 60.3. The van der Waals surface area contributed by atoms with Crippen molar-refractivity contribution in [1.29, 1.82) is 0 Å². The average Bonchev–Trinajstić information content (AvgIpc) is 1.55. The van der Waals surface area contributed by atoms with Gasteiger partial charge in [0.2, 0.25) is 0 Å². The standard InChI is InChI=1S/C42H52O2Si.C31H46OSi.C25H46.C12H24Si.8CH3.8ClH.4Zr/c1-27-21-23-39(43-27)37-25-35-31(29-13-7-5-8-14-29)17-11-19-33(35)41(37)45(3,4)42-34-20-12-18-32(30-15-9-6-10-16-30)36(34)26-38(42)40-24-22-28(2)44-40;1-21-14-19-29(32-21)28-20-27-25(22-15-17-23(18-16-22)31(2,3)4)12-9-13-26(27)30(28)33(5,6)24-10-7-8-11-24;1-23(2,3)17-13-14-18(15-17)25(7,8)22-16-21(24(4,5)6)19-11-9-10-12-20(19)22;1-13(2,11-7-3-4-8-11)12-9-5-6-10-12;;;;;;;;;;;;;;;;;;;;/h5-10,13-16,21-24,31-38,41-42H,11-12,17-20,25-26H2,1-4H3;14-19,24-28,30H,7-13,20H2,1-6H3;17-22H,9-16H2,1-8H3;11-12H,3-10H2,1-2H3;8*1H3;8*1H;;;;/q;;;;8*-1;;;;;;;;;4*+4/p-8. The molecular formula is C118H192Cl8O3Si3Zr4. The van der Waals surface area contributed by atoms with Crippen molar-refractivity contribution in [2.24, 2.45) is 87.3 Å². The number of fused-ring (bicyclic) bond motifs is 4. The molecule has 0 saturated heterocycles. The van der Waals surface area contributed by atoms with Crippen molar-refractivity contribution in [3.05, 3.63) is 238 Å². The van der Waals surface area contributed by atoms with Gasteiger partial charge in [-0.05, 0) is 300 Å². The van der Waals surface area contributed by atoms with Gasteiger partial charge in [-0.15, -0.1) is 0 Å². The number of rotatable bonds is 14. The van der Waals surface area contributed by atoms with E-state index in [2.05, 4.69) is 258 Å². The molecule has 12 fully saturated rings. The van der Waals surface area contributed by atoms with Gasteiger partial charge in [-0.2, -0.15) is 0 Å². The molecule has 766 valence electrons.